The summed E-state index contributed by atoms with van der Waals surface area (Å²) in [6, 6.07) is 6.48. The topological polar surface area (TPSA) is 88.4 Å². The monoisotopic (exact) mass is 403 g/mol. The Hall–Kier alpha value is -2.64. The van der Waals surface area contributed by atoms with Crippen LogP contribution in [0.15, 0.2) is 42.9 Å². The van der Waals surface area contributed by atoms with Gasteiger partial charge >= 0.3 is 11.8 Å². The van der Waals surface area contributed by atoms with Gasteiger partial charge in [0.2, 0.25) is 0 Å². The van der Waals surface area contributed by atoms with Gasteiger partial charge in [-0.25, -0.2) is 9.50 Å². The van der Waals surface area contributed by atoms with E-state index in [1.54, 1.807) is 36.7 Å². The minimum absolute atomic E-state index is 0.206. The van der Waals surface area contributed by atoms with Crippen LogP contribution in [0.1, 0.15) is 24.4 Å². The molecule has 1 aliphatic rings. The Balaban J connectivity index is 1.52. The molecule has 138 valence electrons. The van der Waals surface area contributed by atoms with Crippen molar-refractivity contribution in [3.8, 4) is 0 Å². The summed E-state index contributed by atoms with van der Waals surface area (Å²) < 4.78 is 1.50. The van der Waals surface area contributed by atoms with Crippen molar-refractivity contribution in [3.63, 3.8) is 0 Å². The zero-order valence-corrected chi connectivity index (χ0v) is 15.5. The first-order chi connectivity index (χ1) is 13.0. The zero-order valence-electron chi connectivity index (χ0n) is 14.0. The van der Waals surface area contributed by atoms with Gasteiger partial charge in [0.05, 0.1) is 12.2 Å². The van der Waals surface area contributed by atoms with Gasteiger partial charge in [0.1, 0.15) is 5.69 Å². The molecule has 0 radical (unpaired) electrons. The van der Waals surface area contributed by atoms with E-state index >= 15 is 0 Å². The molecule has 2 N–H and O–H groups in total. The first-order valence-electron chi connectivity index (χ1n) is 8.38. The number of nitrogens with one attached hydrogen (secondary N) is 2. The standard InChI is InChI=1S/C18H15Cl2N5O2/c19-11-3-1-4-12(20)14(11)15(10-5-6-10)24-18(27)17(26)23-13-9-22-25-8-2-7-21-16(13)25/h1-4,7-10,15H,5-6H2,(H,23,26)(H,24,27). The molecule has 0 bridgehead atoms. The van der Waals surface area contributed by atoms with Crippen molar-refractivity contribution in [2.75, 3.05) is 5.32 Å². The summed E-state index contributed by atoms with van der Waals surface area (Å²) in [5, 5.41) is 10.3. The van der Waals surface area contributed by atoms with Gasteiger partial charge in [-0.3, -0.25) is 9.59 Å². The van der Waals surface area contributed by atoms with Crippen LogP contribution in [0.5, 0.6) is 0 Å². The smallest absolute Gasteiger partial charge is 0.313 e. The highest BCUT2D eigenvalue weighted by molar-refractivity contribution is 6.40. The van der Waals surface area contributed by atoms with E-state index in [0.717, 1.165) is 12.8 Å². The van der Waals surface area contributed by atoms with Gasteiger partial charge in [-0.05, 0) is 37.0 Å². The average molecular weight is 404 g/mol. The first-order valence-corrected chi connectivity index (χ1v) is 9.14. The number of halogens is 2. The number of aromatic nitrogens is 3. The highest BCUT2D eigenvalue weighted by Gasteiger charge is 2.36. The molecule has 1 fully saturated rings. The maximum atomic E-state index is 12.5. The molecule has 9 heteroatoms. The summed E-state index contributed by atoms with van der Waals surface area (Å²) in [6.45, 7) is 0. The number of hydrogen-bond acceptors (Lipinski definition) is 4. The third-order valence-electron chi connectivity index (χ3n) is 4.42. The molecule has 0 spiro atoms. The van der Waals surface area contributed by atoms with Crippen LogP contribution in [-0.2, 0) is 9.59 Å². The maximum absolute atomic E-state index is 12.5. The SMILES string of the molecule is O=C(Nc1cnn2cccnc12)C(=O)NC(c1c(Cl)cccc1Cl)C1CC1. The van der Waals surface area contributed by atoms with Crippen LogP contribution in [0.2, 0.25) is 10.0 Å². The second kappa shape index (κ2) is 7.17. The van der Waals surface area contributed by atoms with Crippen molar-refractivity contribution in [1.29, 1.82) is 0 Å². The van der Waals surface area contributed by atoms with Gasteiger partial charge in [-0.2, -0.15) is 5.10 Å². The second-order valence-corrected chi connectivity index (χ2v) is 7.14. The molecule has 0 aliphatic heterocycles. The van der Waals surface area contributed by atoms with Gasteiger partial charge in [0.25, 0.3) is 0 Å². The minimum Gasteiger partial charge on any atom is -0.341 e. The fraction of sp³-hybridized carbons (Fsp3) is 0.222. The third kappa shape index (κ3) is 3.61. The van der Waals surface area contributed by atoms with E-state index in [1.807, 2.05) is 0 Å². The highest BCUT2D eigenvalue weighted by atomic mass is 35.5. The van der Waals surface area contributed by atoms with Crippen LogP contribution >= 0.6 is 23.2 Å². The molecule has 4 rings (SSSR count). The summed E-state index contributed by atoms with van der Waals surface area (Å²) in [7, 11) is 0. The molecular weight excluding hydrogens is 389 g/mol. The summed E-state index contributed by atoms with van der Waals surface area (Å²) in [6.07, 6.45) is 6.59. The lowest BCUT2D eigenvalue weighted by Gasteiger charge is -2.20. The van der Waals surface area contributed by atoms with Crippen molar-refractivity contribution >= 4 is 46.4 Å². The number of nitrogens with zero attached hydrogens (tertiary/aromatic N) is 3. The van der Waals surface area contributed by atoms with Gasteiger partial charge in [0.15, 0.2) is 5.65 Å². The lowest BCUT2D eigenvalue weighted by atomic mass is 10.0. The number of carbonyl (C=O) groups excluding carboxylic acids is 2. The lowest BCUT2D eigenvalue weighted by molar-refractivity contribution is -0.136. The van der Waals surface area contributed by atoms with Crippen molar-refractivity contribution in [2.45, 2.75) is 18.9 Å². The predicted octanol–water partition coefficient (Wildman–Crippen LogP) is 3.24. The molecule has 1 saturated carbocycles. The molecule has 1 atom stereocenters. The largest absolute Gasteiger partial charge is 0.341 e. The van der Waals surface area contributed by atoms with Crippen LogP contribution in [-0.4, -0.2) is 26.4 Å². The second-order valence-electron chi connectivity index (χ2n) is 6.32. The van der Waals surface area contributed by atoms with Gasteiger partial charge < -0.3 is 10.6 Å². The predicted molar refractivity (Wildman–Crippen MR) is 102 cm³/mol. The maximum Gasteiger partial charge on any atom is 0.313 e. The Morgan fingerprint density at radius 2 is 1.89 bits per heavy atom. The normalized spacial score (nSPS) is 14.7. The Morgan fingerprint density at radius 3 is 2.59 bits per heavy atom. The van der Waals surface area contributed by atoms with E-state index in [-0.39, 0.29) is 5.92 Å². The van der Waals surface area contributed by atoms with Gasteiger partial charge in [-0.15, -0.1) is 0 Å². The van der Waals surface area contributed by atoms with Crippen LogP contribution in [0, 0.1) is 5.92 Å². The van der Waals surface area contributed by atoms with Gasteiger partial charge in [0, 0.05) is 28.0 Å². The summed E-state index contributed by atoms with van der Waals surface area (Å²) in [5.41, 5.74) is 1.45. The van der Waals surface area contributed by atoms with Crippen molar-refractivity contribution in [1.82, 2.24) is 19.9 Å². The highest BCUT2D eigenvalue weighted by Crippen LogP contribution is 2.45. The number of hydrogen-bond donors (Lipinski definition) is 2. The molecular formula is C18H15Cl2N5O2. The molecule has 2 amide bonds. The average Bonchev–Trinajstić information content (AvgIpc) is 3.42. The molecule has 27 heavy (non-hydrogen) atoms. The fourth-order valence-electron chi connectivity index (χ4n) is 2.96. The number of fused-ring (bicyclic) bond motifs is 1. The number of rotatable bonds is 4. The fourth-order valence-corrected chi connectivity index (χ4v) is 3.60. The summed E-state index contributed by atoms with van der Waals surface area (Å²) in [4.78, 5) is 29.0. The molecule has 0 saturated heterocycles. The molecule has 7 nitrogen and oxygen atoms in total. The lowest BCUT2D eigenvalue weighted by Crippen LogP contribution is -2.38. The molecule has 2 aromatic heterocycles. The van der Waals surface area contributed by atoms with Crippen molar-refractivity contribution in [2.24, 2.45) is 5.92 Å². The van der Waals surface area contributed by atoms with E-state index in [0.29, 0.717) is 26.9 Å². The van der Waals surface area contributed by atoms with E-state index in [4.69, 9.17) is 23.2 Å². The van der Waals surface area contributed by atoms with Crippen LogP contribution in [0.4, 0.5) is 5.69 Å². The summed E-state index contributed by atoms with van der Waals surface area (Å²) >= 11 is 12.6. The van der Waals surface area contributed by atoms with Crippen LogP contribution < -0.4 is 10.6 Å². The molecule has 1 aliphatic carbocycles. The molecule has 2 heterocycles. The number of anilines is 1. The number of amides is 2. The minimum atomic E-state index is -0.802. The Labute approximate surface area is 164 Å². The summed E-state index contributed by atoms with van der Waals surface area (Å²) in [5.74, 6) is -1.36. The third-order valence-corrected chi connectivity index (χ3v) is 5.08. The molecule has 1 unspecified atom stereocenters. The Morgan fingerprint density at radius 1 is 1.15 bits per heavy atom. The Kier molecular flexibility index (Phi) is 4.72. The van der Waals surface area contributed by atoms with Crippen molar-refractivity contribution < 1.29 is 9.59 Å². The number of benzene rings is 1. The Bertz CT molecular complexity index is 1010. The zero-order chi connectivity index (χ0) is 19.0. The van der Waals surface area contributed by atoms with E-state index in [1.165, 1.54) is 10.7 Å². The van der Waals surface area contributed by atoms with Crippen molar-refractivity contribution in [3.05, 3.63) is 58.5 Å². The van der Waals surface area contributed by atoms with Crippen LogP contribution in [0.3, 0.4) is 0 Å². The quantitative estimate of drug-likeness (QED) is 0.654. The van der Waals surface area contributed by atoms with Gasteiger partial charge in [-0.1, -0.05) is 29.3 Å². The van der Waals surface area contributed by atoms with E-state index in [2.05, 4.69) is 20.7 Å². The first kappa shape index (κ1) is 17.8. The van der Waals surface area contributed by atoms with E-state index in [9.17, 15) is 9.59 Å². The molecule has 1 aromatic carbocycles. The molecule has 3 aromatic rings. The number of carbonyl (C=O) groups is 2. The van der Waals surface area contributed by atoms with E-state index < -0.39 is 17.9 Å². The van der Waals surface area contributed by atoms with Crippen LogP contribution in [0.25, 0.3) is 5.65 Å².